The molecule has 0 saturated heterocycles. The third-order valence-electron chi connectivity index (χ3n) is 3.38. The van der Waals surface area contributed by atoms with Crippen molar-refractivity contribution in [3.8, 4) is 0 Å². The van der Waals surface area contributed by atoms with Crippen LogP contribution in [0.5, 0.6) is 0 Å². The van der Waals surface area contributed by atoms with Crippen molar-refractivity contribution in [2.24, 2.45) is 0 Å². The van der Waals surface area contributed by atoms with Crippen LogP contribution in [0.1, 0.15) is 34.7 Å². The Labute approximate surface area is 85.0 Å². The Morgan fingerprint density at radius 2 is 1.36 bits per heavy atom. The highest BCUT2D eigenvalue weighted by Crippen LogP contribution is 2.32. The normalized spacial score (nSPS) is 13.6. The van der Waals surface area contributed by atoms with Gasteiger partial charge in [-0.1, -0.05) is 5.43 Å². The molecule has 14 heavy (non-hydrogen) atoms. The van der Waals surface area contributed by atoms with E-state index in [0.717, 1.165) is 5.71 Å². The summed E-state index contributed by atoms with van der Waals surface area (Å²) in [6, 6.07) is 0. The summed E-state index contributed by atoms with van der Waals surface area (Å²) < 4.78 is 0. The molecule has 1 aliphatic heterocycles. The number of anilines is 1. The molecule has 0 aromatic heterocycles. The van der Waals surface area contributed by atoms with Crippen molar-refractivity contribution < 1.29 is 0 Å². The minimum absolute atomic E-state index is 1.10. The number of hydrogen-bond donors (Lipinski definition) is 1. The third kappa shape index (κ3) is 0.999. The van der Waals surface area contributed by atoms with Gasteiger partial charge in [0.05, 0.1) is 5.56 Å². The van der Waals surface area contributed by atoms with E-state index in [4.69, 9.17) is 0 Å². The van der Waals surface area contributed by atoms with Crippen LogP contribution in [-0.2, 0) is 0 Å². The average Bonchev–Trinajstić information content (AvgIpc) is 2.54. The van der Waals surface area contributed by atoms with Crippen molar-refractivity contribution in [3.63, 3.8) is 0 Å². The summed E-state index contributed by atoms with van der Waals surface area (Å²) in [5, 5.41) is 4.27. The summed E-state index contributed by atoms with van der Waals surface area (Å²) in [6.07, 6.45) is 0. The number of benzene rings is 1. The number of nitrogens with zero attached hydrogens (tertiary/aromatic N) is 1. The van der Waals surface area contributed by atoms with Gasteiger partial charge in [-0.25, -0.2) is 0 Å². The zero-order chi connectivity index (χ0) is 10.5. The highest BCUT2D eigenvalue weighted by atomic mass is 15.3. The third-order valence-corrected chi connectivity index (χ3v) is 3.38. The van der Waals surface area contributed by atoms with Crippen molar-refractivity contribution in [3.05, 3.63) is 27.8 Å². The molecule has 0 unspecified atom stereocenters. The van der Waals surface area contributed by atoms with Gasteiger partial charge in [0.2, 0.25) is 0 Å². The fraction of sp³-hybridized carbons (Fsp3) is 0.417. The molecule has 0 bridgehead atoms. The van der Waals surface area contributed by atoms with E-state index in [9.17, 15) is 0 Å². The number of rotatable bonds is 0. The molecule has 1 aromatic carbocycles. The molecule has 1 aliphatic rings. The van der Waals surface area contributed by atoms with Gasteiger partial charge in [-0.2, -0.15) is 0 Å². The molecule has 2 heteroatoms. The molecule has 73 valence electrons. The number of hydrogen-bond acceptors (Lipinski definition) is 2. The molecule has 2 nitrogen and oxygen atoms in total. The van der Waals surface area contributed by atoms with E-state index in [1.807, 2.05) is 0 Å². The van der Waals surface area contributed by atoms with Gasteiger partial charge in [0.25, 0.3) is 5.71 Å². The Balaban J connectivity index is 2.83. The van der Waals surface area contributed by atoms with Gasteiger partial charge >= 0.3 is 0 Å². The van der Waals surface area contributed by atoms with E-state index >= 15 is 0 Å². The van der Waals surface area contributed by atoms with Crippen LogP contribution in [0.2, 0.25) is 0 Å². The van der Waals surface area contributed by atoms with E-state index in [1.165, 1.54) is 33.5 Å². The predicted octanol–water partition coefficient (Wildman–Crippen LogP) is 2.41. The molecule has 0 aliphatic carbocycles. The lowest BCUT2D eigenvalue weighted by molar-refractivity contribution is 1.18. The molecule has 1 heterocycles. The molecule has 1 N–H and O–H groups in total. The van der Waals surface area contributed by atoms with Crippen molar-refractivity contribution in [2.75, 3.05) is 5.43 Å². The summed E-state index contributed by atoms with van der Waals surface area (Å²) in [7, 11) is 0. The van der Waals surface area contributed by atoms with E-state index in [0.29, 0.717) is 0 Å². The summed E-state index contributed by atoms with van der Waals surface area (Å²) in [5.41, 5.74) is 12.2. The summed E-state index contributed by atoms with van der Waals surface area (Å²) >= 11 is 0. The predicted molar refractivity (Wildman–Crippen MR) is 60.9 cm³/mol. The maximum Gasteiger partial charge on any atom is 0.293 e. The maximum absolute atomic E-state index is 4.27. The van der Waals surface area contributed by atoms with Gasteiger partial charge < -0.3 is 0 Å². The Morgan fingerprint density at radius 3 is 2.00 bits per heavy atom. The van der Waals surface area contributed by atoms with Crippen molar-refractivity contribution in [1.82, 2.24) is 5.10 Å². The monoisotopic (exact) mass is 188 g/mol. The van der Waals surface area contributed by atoms with Crippen LogP contribution in [-0.4, -0.2) is 5.71 Å². The smallest absolute Gasteiger partial charge is 0.0996 e. The van der Waals surface area contributed by atoms with Crippen molar-refractivity contribution in [1.29, 1.82) is 0 Å². The second kappa shape index (κ2) is 2.84. The molecule has 0 spiro atoms. The molecule has 1 radical (unpaired) electrons. The summed E-state index contributed by atoms with van der Waals surface area (Å²) in [5.74, 6) is 0. The van der Waals surface area contributed by atoms with Crippen LogP contribution in [0.25, 0.3) is 0 Å². The molecule has 0 saturated carbocycles. The first-order valence-corrected chi connectivity index (χ1v) is 4.95. The number of fused-ring (bicyclic) bond motifs is 1. The van der Waals surface area contributed by atoms with Gasteiger partial charge in [-0.05, 0) is 49.9 Å². The van der Waals surface area contributed by atoms with Crippen molar-refractivity contribution in [2.45, 2.75) is 34.6 Å². The van der Waals surface area contributed by atoms with E-state index in [2.05, 4.69) is 45.1 Å². The van der Waals surface area contributed by atoms with Gasteiger partial charge in [0.1, 0.15) is 5.69 Å². The topological polar surface area (TPSA) is 26.1 Å². The second-order valence-corrected chi connectivity index (χ2v) is 4.06. The molecule has 1 aromatic rings. The van der Waals surface area contributed by atoms with Crippen LogP contribution < -0.4 is 10.5 Å². The van der Waals surface area contributed by atoms with Gasteiger partial charge in [-0.15, -0.1) is 0 Å². The standard InChI is InChI=1S/C12H16N2/c1-6-7(2)9(4)12-11(8(6)3)10(5)13-14-12/h14H,1-5H3/q+1. The fourth-order valence-electron chi connectivity index (χ4n) is 2.10. The van der Waals surface area contributed by atoms with Crippen molar-refractivity contribution >= 4 is 11.4 Å². The lowest BCUT2D eigenvalue weighted by atomic mass is 9.91. The first-order valence-electron chi connectivity index (χ1n) is 4.95. The maximum atomic E-state index is 4.27. The first kappa shape index (κ1) is 9.25. The largest absolute Gasteiger partial charge is 0.293 e. The Hall–Kier alpha value is -1.31. The highest BCUT2D eigenvalue weighted by Gasteiger charge is 2.29. The van der Waals surface area contributed by atoms with Crippen LogP contribution >= 0.6 is 0 Å². The van der Waals surface area contributed by atoms with Gasteiger partial charge in [0, 0.05) is 6.92 Å². The van der Waals surface area contributed by atoms with E-state index in [1.54, 1.807) is 0 Å². The van der Waals surface area contributed by atoms with Crippen LogP contribution in [0.3, 0.4) is 0 Å². The molecule has 0 amide bonds. The van der Waals surface area contributed by atoms with Crippen LogP contribution in [0.15, 0.2) is 0 Å². The second-order valence-electron chi connectivity index (χ2n) is 4.06. The highest BCUT2D eigenvalue weighted by molar-refractivity contribution is 6.08. The first-order chi connectivity index (χ1) is 6.54. The minimum atomic E-state index is 1.10. The van der Waals surface area contributed by atoms with Crippen LogP contribution in [0.4, 0.5) is 5.69 Å². The van der Waals surface area contributed by atoms with Gasteiger partial charge in [-0.3, -0.25) is 0 Å². The Bertz CT molecular complexity index is 442. The fourth-order valence-corrected chi connectivity index (χ4v) is 2.10. The number of hydrazone groups is 1. The molecular weight excluding hydrogens is 172 g/mol. The van der Waals surface area contributed by atoms with Gasteiger partial charge in [0.15, 0.2) is 5.10 Å². The quantitative estimate of drug-likeness (QED) is 0.664. The lowest BCUT2D eigenvalue weighted by Crippen LogP contribution is -2.01. The Kier molecular flexibility index (Phi) is 1.88. The average molecular weight is 188 g/mol. The SMILES string of the molecule is CC1=[N+]Nc2c(C)c(C)c(C)c(C)c21. The minimum Gasteiger partial charge on any atom is -0.0996 e. The summed E-state index contributed by atoms with van der Waals surface area (Å²) in [4.78, 5) is 0. The Morgan fingerprint density at radius 1 is 0.786 bits per heavy atom. The van der Waals surface area contributed by atoms with E-state index < -0.39 is 0 Å². The van der Waals surface area contributed by atoms with Crippen LogP contribution in [0, 0.1) is 27.7 Å². The zero-order valence-corrected chi connectivity index (χ0v) is 9.45. The summed E-state index contributed by atoms with van der Waals surface area (Å²) in [6.45, 7) is 10.7. The number of nitrogens with one attached hydrogen (secondary N) is 1. The molecule has 0 fully saturated rings. The van der Waals surface area contributed by atoms with E-state index in [-0.39, 0.29) is 0 Å². The molecular formula is C12H16N2+. The lowest BCUT2D eigenvalue weighted by Gasteiger charge is -2.11. The zero-order valence-electron chi connectivity index (χ0n) is 9.45. The molecule has 0 atom stereocenters. The molecule has 2 rings (SSSR count).